The summed E-state index contributed by atoms with van der Waals surface area (Å²) in [5.74, 6) is 0.332. The van der Waals surface area contributed by atoms with Crippen LogP contribution in [0.4, 0.5) is 5.82 Å². The molecule has 0 bridgehead atoms. The summed E-state index contributed by atoms with van der Waals surface area (Å²) < 4.78 is 7.13. The molecular formula is C12H13N5O3. The van der Waals surface area contributed by atoms with E-state index in [2.05, 4.69) is 10.1 Å². The first-order valence-electron chi connectivity index (χ1n) is 6.07. The molecule has 1 fully saturated rings. The molecule has 8 nitrogen and oxygen atoms in total. The van der Waals surface area contributed by atoms with E-state index in [1.54, 1.807) is 16.6 Å². The van der Waals surface area contributed by atoms with Gasteiger partial charge >= 0.3 is 0 Å². The molecule has 3 atom stereocenters. The lowest BCUT2D eigenvalue weighted by Gasteiger charge is -2.21. The van der Waals surface area contributed by atoms with Gasteiger partial charge in [0.05, 0.1) is 12.3 Å². The third kappa shape index (κ3) is 1.65. The van der Waals surface area contributed by atoms with E-state index in [-0.39, 0.29) is 6.42 Å². The van der Waals surface area contributed by atoms with Crippen molar-refractivity contribution in [2.45, 2.75) is 24.2 Å². The molecule has 0 unspecified atom stereocenters. The third-order valence-electron chi connectivity index (χ3n) is 3.59. The number of hydrogen-bond donors (Lipinski definition) is 3. The number of nitrogen functional groups attached to an aromatic ring is 1. The van der Waals surface area contributed by atoms with Crippen LogP contribution in [0.2, 0.25) is 0 Å². The molecule has 8 heteroatoms. The quantitative estimate of drug-likeness (QED) is 0.666. The number of aliphatic hydroxyl groups is 2. The smallest absolute Gasteiger partial charge is 0.203 e. The number of hydrogen-bond acceptors (Lipinski definition) is 7. The predicted molar refractivity (Wildman–Crippen MR) is 67.3 cm³/mol. The first-order valence-corrected chi connectivity index (χ1v) is 6.07. The Morgan fingerprint density at radius 3 is 3.05 bits per heavy atom. The zero-order valence-electron chi connectivity index (χ0n) is 10.5. The number of nitrogens with two attached hydrogens (primary N) is 1. The molecule has 4 N–H and O–H groups in total. The Labute approximate surface area is 114 Å². The molecule has 3 rings (SSSR count). The Kier molecular flexibility index (Phi) is 2.83. The van der Waals surface area contributed by atoms with Gasteiger partial charge in [-0.25, -0.2) is 9.50 Å². The molecule has 0 spiro atoms. The Bertz CT molecular complexity index is 694. The molecular weight excluding hydrogens is 262 g/mol. The summed E-state index contributed by atoms with van der Waals surface area (Å²) in [5, 5.41) is 32.5. The van der Waals surface area contributed by atoms with E-state index in [1.165, 1.54) is 6.33 Å². The Balaban J connectivity index is 2.02. The topological polar surface area (TPSA) is 130 Å². The van der Waals surface area contributed by atoms with Gasteiger partial charge in [-0.2, -0.15) is 10.4 Å². The van der Waals surface area contributed by atoms with Crippen molar-refractivity contribution in [2.75, 3.05) is 12.3 Å². The molecule has 0 aliphatic carbocycles. The summed E-state index contributed by atoms with van der Waals surface area (Å²) >= 11 is 0. The van der Waals surface area contributed by atoms with E-state index in [1.807, 2.05) is 6.07 Å². The summed E-state index contributed by atoms with van der Waals surface area (Å²) in [5.41, 5.74) is 5.43. The second kappa shape index (κ2) is 4.42. The van der Waals surface area contributed by atoms with Gasteiger partial charge in [0.25, 0.3) is 0 Å². The largest absolute Gasteiger partial charge is 0.392 e. The van der Waals surface area contributed by atoms with E-state index in [9.17, 15) is 10.2 Å². The van der Waals surface area contributed by atoms with Crippen LogP contribution in [0.1, 0.15) is 18.2 Å². The van der Waals surface area contributed by atoms with Crippen molar-refractivity contribution >= 4 is 11.3 Å². The van der Waals surface area contributed by atoms with Crippen molar-refractivity contribution in [3.8, 4) is 6.07 Å². The molecule has 2 aromatic rings. The van der Waals surface area contributed by atoms with Crippen molar-refractivity contribution in [1.29, 1.82) is 5.26 Å². The van der Waals surface area contributed by atoms with E-state index < -0.39 is 24.4 Å². The zero-order chi connectivity index (χ0) is 14.3. The van der Waals surface area contributed by atoms with Gasteiger partial charge in [-0.1, -0.05) is 0 Å². The molecule has 1 aliphatic heterocycles. The number of nitriles is 1. The van der Waals surface area contributed by atoms with Crippen LogP contribution in [0, 0.1) is 11.3 Å². The maximum Gasteiger partial charge on any atom is 0.203 e. The van der Waals surface area contributed by atoms with Crippen LogP contribution in [-0.2, 0) is 4.74 Å². The van der Waals surface area contributed by atoms with E-state index in [4.69, 9.17) is 15.7 Å². The average molecular weight is 275 g/mol. The highest BCUT2D eigenvalue weighted by Gasteiger charge is 2.49. The fourth-order valence-electron chi connectivity index (χ4n) is 2.45. The lowest BCUT2D eigenvalue weighted by Crippen LogP contribution is -2.41. The minimum absolute atomic E-state index is 0.199. The highest BCUT2D eigenvalue weighted by Crippen LogP contribution is 2.39. The molecule has 20 heavy (non-hydrogen) atoms. The normalized spacial score (nSPS) is 29.6. The summed E-state index contributed by atoms with van der Waals surface area (Å²) in [6, 6.07) is 5.33. The van der Waals surface area contributed by atoms with Crippen molar-refractivity contribution < 1.29 is 14.9 Å². The summed E-state index contributed by atoms with van der Waals surface area (Å²) in [6.07, 6.45) is -0.0915. The Morgan fingerprint density at radius 2 is 2.40 bits per heavy atom. The average Bonchev–Trinajstić information content (AvgIpc) is 3.01. The highest BCUT2D eigenvalue weighted by atomic mass is 16.5. The van der Waals surface area contributed by atoms with E-state index in [0.717, 1.165) is 0 Å². The van der Waals surface area contributed by atoms with Gasteiger partial charge in [-0.05, 0) is 12.1 Å². The zero-order valence-corrected chi connectivity index (χ0v) is 10.5. The summed E-state index contributed by atoms with van der Waals surface area (Å²) in [4.78, 5) is 3.89. The van der Waals surface area contributed by atoms with Gasteiger partial charge in [0, 0.05) is 6.42 Å². The van der Waals surface area contributed by atoms with Crippen LogP contribution in [-0.4, -0.2) is 43.1 Å². The maximum atomic E-state index is 9.96. The van der Waals surface area contributed by atoms with E-state index in [0.29, 0.717) is 17.0 Å². The number of aromatic nitrogens is 3. The fraction of sp³-hybridized carbons (Fsp3) is 0.417. The first kappa shape index (κ1) is 12.8. The van der Waals surface area contributed by atoms with Crippen molar-refractivity contribution in [2.24, 2.45) is 0 Å². The molecule has 1 aliphatic rings. The van der Waals surface area contributed by atoms with Gasteiger partial charge in [0.15, 0.2) is 5.82 Å². The van der Waals surface area contributed by atoms with E-state index >= 15 is 0 Å². The van der Waals surface area contributed by atoms with Gasteiger partial charge in [-0.15, -0.1) is 0 Å². The second-order valence-corrected chi connectivity index (χ2v) is 4.72. The predicted octanol–water partition coefficient (Wildman–Crippen LogP) is -0.612. The molecule has 104 valence electrons. The molecule has 0 radical (unpaired) electrons. The molecule has 0 aromatic carbocycles. The van der Waals surface area contributed by atoms with Crippen LogP contribution in [0.5, 0.6) is 0 Å². The lowest BCUT2D eigenvalue weighted by atomic mass is 9.99. The number of ether oxygens (including phenoxy) is 1. The van der Waals surface area contributed by atoms with Gasteiger partial charge in [0.1, 0.15) is 30.1 Å². The minimum atomic E-state index is -1.59. The molecule has 2 aromatic heterocycles. The van der Waals surface area contributed by atoms with Crippen molar-refractivity contribution in [3.63, 3.8) is 0 Å². The minimum Gasteiger partial charge on any atom is -0.392 e. The molecule has 3 heterocycles. The van der Waals surface area contributed by atoms with Crippen LogP contribution in [0.3, 0.4) is 0 Å². The third-order valence-corrected chi connectivity index (χ3v) is 3.59. The van der Waals surface area contributed by atoms with Crippen LogP contribution in [0.15, 0.2) is 18.5 Å². The maximum absolute atomic E-state index is 9.96. The van der Waals surface area contributed by atoms with Crippen molar-refractivity contribution in [1.82, 2.24) is 14.6 Å². The number of rotatable bonds is 2. The van der Waals surface area contributed by atoms with Crippen LogP contribution >= 0.6 is 0 Å². The molecule has 1 saturated heterocycles. The van der Waals surface area contributed by atoms with Gasteiger partial charge in [0.2, 0.25) is 5.60 Å². The Morgan fingerprint density at radius 1 is 1.60 bits per heavy atom. The monoisotopic (exact) mass is 275 g/mol. The first-order chi connectivity index (χ1) is 9.61. The molecule has 0 saturated carbocycles. The summed E-state index contributed by atoms with van der Waals surface area (Å²) in [7, 11) is 0. The SMILES string of the molecule is N#C[C@]1(CO)O[C@@H](c2ccc3c(N)ncnn23)C[C@@H]1O. The Hall–Kier alpha value is -2.21. The standard InChI is InChI=1S/C12H13N5O3/c13-4-12(5-18)10(19)3-9(20-12)7-1-2-8-11(14)15-6-16-17(7)8/h1-2,6,9-10,18-19H,3,5H2,(H2,14,15,16)/t9-,10+,12-/m1/s1. The molecule has 0 amide bonds. The second-order valence-electron chi connectivity index (χ2n) is 4.72. The highest BCUT2D eigenvalue weighted by molar-refractivity contribution is 5.65. The number of fused-ring (bicyclic) bond motifs is 1. The van der Waals surface area contributed by atoms with Gasteiger partial charge < -0.3 is 20.7 Å². The van der Waals surface area contributed by atoms with Crippen LogP contribution < -0.4 is 5.73 Å². The number of nitrogens with zero attached hydrogens (tertiary/aromatic N) is 4. The number of aliphatic hydroxyl groups excluding tert-OH is 2. The van der Waals surface area contributed by atoms with Crippen LogP contribution in [0.25, 0.3) is 5.52 Å². The lowest BCUT2D eigenvalue weighted by molar-refractivity contribution is -0.0746. The van der Waals surface area contributed by atoms with Gasteiger partial charge in [-0.3, -0.25) is 0 Å². The summed E-state index contributed by atoms with van der Waals surface area (Å²) in [6.45, 7) is -0.568. The van der Waals surface area contributed by atoms with Crippen molar-refractivity contribution in [3.05, 3.63) is 24.2 Å². The number of anilines is 1. The fourth-order valence-corrected chi connectivity index (χ4v) is 2.45.